The number of fused-ring (bicyclic) bond motifs is 4. The molecule has 0 N–H and O–H groups in total. The fraction of sp³-hybridized carbons (Fsp3) is 0.167. The second kappa shape index (κ2) is 6.59. The first-order valence-electron chi connectivity index (χ1n) is 9.46. The summed E-state index contributed by atoms with van der Waals surface area (Å²) in [7, 11) is 3.31. The molecule has 144 valence electrons. The lowest BCUT2D eigenvalue weighted by molar-refractivity contribution is 0.0961. The van der Waals surface area contributed by atoms with Crippen LogP contribution in [0.1, 0.15) is 34.6 Å². The van der Waals surface area contributed by atoms with Crippen LogP contribution in [0.3, 0.4) is 0 Å². The van der Waals surface area contributed by atoms with Crippen LogP contribution in [-0.4, -0.2) is 5.91 Å². The predicted molar refractivity (Wildman–Crippen MR) is 127 cm³/mol. The Morgan fingerprint density at radius 2 is 1.72 bits per heavy atom. The van der Waals surface area contributed by atoms with Crippen molar-refractivity contribution in [2.24, 2.45) is 0 Å². The Labute approximate surface area is 182 Å². The fourth-order valence-corrected chi connectivity index (χ4v) is 7.43. The summed E-state index contributed by atoms with van der Waals surface area (Å²) in [5.41, 5.74) is 4.48. The van der Waals surface area contributed by atoms with Crippen molar-refractivity contribution in [2.45, 2.75) is 26.3 Å². The highest BCUT2D eigenvalue weighted by molar-refractivity contribution is 7.80. The number of hydrogen-bond acceptors (Lipinski definition) is 4. The summed E-state index contributed by atoms with van der Waals surface area (Å²) < 4.78 is 0.904. The Morgan fingerprint density at radius 1 is 0.966 bits per heavy atom. The highest BCUT2D eigenvalue weighted by Gasteiger charge is 2.43. The molecule has 3 aromatic carbocycles. The van der Waals surface area contributed by atoms with Crippen LogP contribution in [0.4, 0.5) is 5.69 Å². The molecular weight excluding hydrogens is 414 g/mol. The van der Waals surface area contributed by atoms with Gasteiger partial charge in [0.05, 0.1) is 16.1 Å². The van der Waals surface area contributed by atoms with E-state index in [9.17, 15) is 4.79 Å². The van der Waals surface area contributed by atoms with Crippen LogP contribution < -0.4 is 4.90 Å². The van der Waals surface area contributed by atoms with Gasteiger partial charge in [0.2, 0.25) is 0 Å². The normalized spacial score (nSPS) is 14.5. The molecule has 0 fully saturated rings. The Bertz CT molecular complexity index is 1350. The molecule has 5 heteroatoms. The van der Waals surface area contributed by atoms with Gasteiger partial charge < -0.3 is 0 Å². The first-order valence-corrected chi connectivity index (χ1v) is 12.0. The maximum Gasteiger partial charge on any atom is 0.259 e. The molecule has 0 aliphatic carbocycles. The number of amides is 1. The van der Waals surface area contributed by atoms with Crippen molar-refractivity contribution < 1.29 is 4.79 Å². The van der Waals surface area contributed by atoms with Gasteiger partial charge in [0.1, 0.15) is 3.82 Å². The molecule has 0 bridgehead atoms. The Hall–Kier alpha value is -2.34. The molecule has 1 aliphatic heterocycles. The number of nitrogens with zero attached hydrogens (tertiary/aromatic N) is 1. The molecule has 1 amide bonds. The SMILES string of the molecule is Cc1ccc2c(c1)N(C(=O)c1ccc3ccccc3c1)C(C)(C)c1ssc(=S)c1-2. The third-order valence-corrected chi connectivity index (χ3v) is 8.94. The largest absolute Gasteiger partial charge is 0.297 e. The number of hydrogen-bond donors (Lipinski definition) is 0. The van der Waals surface area contributed by atoms with Crippen LogP contribution in [0.2, 0.25) is 0 Å². The first kappa shape index (κ1) is 18.7. The second-order valence-electron chi connectivity index (χ2n) is 7.94. The first-order chi connectivity index (χ1) is 13.9. The smallest absolute Gasteiger partial charge is 0.259 e. The van der Waals surface area contributed by atoms with Gasteiger partial charge in [-0.2, -0.15) is 0 Å². The topological polar surface area (TPSA) is 20.3 Å². The summed E-state index contributed by atoms with van der Waals surface area (Å²) in [4.78, 5) is 17.0. The van der Waals surface area contributed by atoms with Crippen molar-refractivity contribution in [1.82, 2.24) is 0 Å². The van der Waals surface area contributed by atoms with E-state index in [0.717, 1.165) is 41.9 Å². The van der Waals surface area contributed by atoms with Gasteiger partial charge in [-0.05, 0) is 55.3 Å². The molecule has 2 nitrogen and oxygen atoms in total. The number of benzene rings is 3. The van der Waals surface area contributed by atoms with Gasteiger partial charge in [-0.3, -0.25) is 9.69 Å². The van der Waals surface area contributed by atoms with Crippen LogP contribution in [0.15, 0.2) is 60.7 Å². The standard InChI is InChI=1S/C24H19NOS3/c1-14-8-11-18-19(12-14)25(24(2,3)21-20(18)23(27)29-28-21)22(26)17-10-9-15-6-4-5-7-16(15)13-17/h4-13H,1-3H3. The van der Waals surface area contributed by atoms with E-state index in [1.165, 1.54) is 0 Å². The Balaban J connectivity index is 1.74. The minimum absolute atomic E-state index is 0.0163. The van der Waals surface area contributed by atoms with Gasteiger partial charge in [-0.1, -0.05) is 75.4 Å². The lowest BCUT2D eigenvalue weighted by Crippen LogP contribution is -2.47. The summed E-state index contributed by atoms with van der Waals surface area (Å²) in [6.07, 6.45) is 0. The van der Waals surface area contributed by atoms with E-state index in [-0.39, 0.29) is 5.91 Å². The van der Waals surface area contributed by atoms with Crippen molar-refractivity contribution in [2.75, 3.05) is 4.90 Å². The molecule has 0 saturated carbocycles. The van der Waals surface area contributed by atoms with Crippen LogP contribution in [0, 0.1) is 10.7 Å². The summed E-state index contributed by atoms with van der Waals surface area (Å²) in [5, 5.41) is 2.21. The van der Waals surface area contributed by atoms with Crippen LogP contribution in [-0.2, 0) is 5.54 Å². The minimum Gasteiger partial charge on any atom is -0.297 e. The molecule has 1 aliphatic rings. The van der Waals surface area contributed by atoms with E-state index in [2.05, 4.69) is 45.0 Å². The van der Waals surface area contributed by atoms with Gasteiger partial charge in [0.15, 0.2) is 0 Å². The van der Waals surface area contributed by atoms with Gasteiger partial charge in [-0.25, -0.2) is 0 Å². The van der Waals surface area contributed by atoms with E-state index >= 15 is 0 Å². The molecule has 0 unspecified atom stereocenters. The maximum absolute atomic E-state index is 13.9. The number of carbonyl (C=O) groups is 1. The molecule has 29 heavy (non-hydrogen) atoms. The Morgan fingerprint density at radius 3 is 2.52 bits per heavy atom. The number of aryl methyl sites for hydroxylation is 1. The average Bonchev–Trinajstić information content (AvgIpc) is 3.10. The van der Waals surface area contributed by atoms with Gasteiger partial charge in [0.25, 0.3) is 5.91 Å². The number of rotatable bonds is 1. The van der Waals surface area contributed by atoms with E-state index in [4.69, 9.17) is 12.2 Å². The quantitative estimate of drug-likeness (QED) is 0.228. The highest BCUT2D eigenvalue weighted by Crippen LogP contribution is 2.52. The second-order valence-corrected chi connectivity index (χ2v) is 10.8. The third kappa shape index (κ3) is 2.80. The van der Waals surface area contributed by atoms with Crippen LogP contribution in [0.5, 0.6) is 0 Å². The van der Waals surface area contributed by atoms with Crippen molar-refractivity contribution in [3.63, 3.8) is 0 Å². The van der Waals surface area contributed by atoms with Gasteiger partial charge in [0, 0.05) is 16.7 Å². The third-order valence-electron chi connectivity index (χ3n) is 5.61. The maximum atomic E-state index is 13.9. The number of anilines is 1. The minimum atomic E-state index is -0.475. The van der Waals surface area contributed by atoms with Gasteiger partial charge in [-0.15, -0.1) is 0 Å². The molecule has 4 aromatic rings. The molecule has 5 rings (SSSR count). The average molecular weight is 434 g/mol. The zero-order valence-electron chi connectivity index (χ0n) is 16.4. The lowest BCUT2D eigenvalue weighted by Gasteiger charge is -2.43. The molecule has 0 atom stereocenters. The lowest BCUT2D eigenvalue weighted by atomic mass is 9.86. The summed E-state index contributed by atoms with van der Waals surface area (Å²) >= 11 is 5.66. The Kier molecular flexibility index (Phi) is 4.24. The summed E-state index contributed by atoms with van der Waals surface area (Å²) in [6, 6.07) is 20.4. The highest BCUT2D eigenvalue weighted by atomic mass is 32.9. The van der Waals surface area contributed by atoms with E-state index in [1.807, 2.05) is 41.3 Å². The molecule has 2 heterocycles. The van der Waals surface area contributed by atoms with Crippen molar-refractivity contribution in [3.05, 3.63) is 80.5 Å². The molecule has 1 aromatic heterocycles. The van der Waals surface area contributed by atoms with E-state index in [0.29, 0.717) is 5.56 Å². The van der Waals surface area contributed by atoms with Crippen molar-refractivity contribution in [1.29, 1.82) is 0 Å². The monoisotopic (exact) mass is 433 g/mol. The molecular formula is C24H19NOS3. The van der Waals surface area contributed by atoms with E-state index < -0.39 is 5.54 Å². The molecule has 0 radical (unpaired) electrons. The molecule has 0 spiro atoms. The molecule has 0 saturated heterocycles. The predicted octanol–water partition coefficient (Wildman–Crippen LogP) is 7.56. The van der Waals surface area contributed by atoms with Crippen molar-refractivity contribution >= 4 is 55.3 Å². The van der Waals surface area contributed by atoms with E-state index in [1.54, 1.807) is 20.7 Å². The summed E-state index contributed by atoms with van der Waals surface area (Å²) in [5.74, 6) is 0.0163. The number of carbonyl (C=O) groups excluding carboxylic acids is 1. The van der Waals surface area contributed by atoms with Gasteiger partial charge >= 0.3 is 0 Å². The summed E-state index contributed by atoms with van der Waals surface area (Å²) in [6.45, 7) is 6.30. The van der Waals surface area contributed by atoms with Crippen molar-refractivity contribution in [3.8, 4) is 11.1 Å². The van der Waals surface area contributed by atoms with Crippen LogP contribution in [0.25, 0.3) is 21.9 Å². The van der Waals surface area contributed by atoms with Crippen LogP contribution >= 0.6 is 32.9 Å². The zero-order valence-corrected chi connectivity index (χ0v) is 18.8. The zero-order chi connectivity index (χ0) is 20.3. The fourth-order valence-electron chi connectivity index (χ4n) is 4.15.